The Hall–Kier alpha value is -4.39. The topological polar surface area (TPSA) is 116 Å². The largest absolute Gasteiger partial charge is 0.504 e. The number of amides is 1. The van der Waals surface area contributed by atoms with Crippen LogP contribution in [0.15, 0.2) is 60.7 Å². The Bertz CT molecular complexity index is 1730. The third-order valence-electron chi connectivity index (χ3n) is 10.5. The van der Waals surface area contributed by atoms with Gasteiger partial charge < -0.3 is 19.8 Å². The van der Waals surface area contributed by atoms with Gasteiger partial charge in [0, 0.05) is 42.2 Å². The van der Waals surface area contributed by atoms with E-state index in [0.29, 0.717) is 43.5 Å². The molecule has 0 unspecified atom stereocenters. The molecule has 2 N–H and O–H groups in total. The lowest BCUT2D eigenvalue weighted by molar-refractivity contribution is -0.386. The maximum Gasteiger partial charge on any atom is 0.298 e. The predicted octanol–water partition coefficient (Wildman–Crippen LogP) is 3.88. The number of nitro benzene ring substituents is 1. The van der Waals surface area contributed by atoms with E-state index in [9.17, 15) is 25.1 Å². The molecule has 2 aliphatic carbocycles. The van der Waals surface area contributed by atoms with Crippen LogP contribution < -0.4 is 4.74 Å². The van der Waals surface area contributed by atoms with Gasteiger partial charge in [0.1, 0.15) is 6.10 Å². The van der Waals surface area contributed by atoms with Crippen molar-refractivity contribution in [2.75, 3.05) is 20.1 Å². The first-order chi connectivity index (χ1) is 21.1. The molecule has 3 aromatic carbocycles. The Labute approximate surface area is 256 Å². The zero-order chi connectivity index (χ0) is 30.8. The van der Waals surface area contributed by atoms with Gasteiger partial charge in [-0.15, -0.1) is 0 Å². The van der Waals surface area contributed by atoms with Gasteiger partial charge in [0.05, 0.1) is 28.0 Å². The first-order valence-electron chi connectivity index (χ1n) is 15.2. The molecule has 1 saturated carbocycles. The second-order valence-corrected chi connectivity index (χ2v) is 12.7. The third kappa shape index (κ3) is 4.12. The number of benzene rings is 3. The molecule has 0 aromatic heterocycles. The van der Waals surface area contributed by atoms with E-state index in [1.54, 1.807) is 11.9 Å². The highest BCUT2D eigenvalue weighted by Gasteiger charge is 2.74. The molecule has 226 valence electrons. The number of nitrogens with zero attached hydrogens (tertiary/aromatic N) is 3. The number of likely N-dealkylation sites (tertiary alicyclic amines) is 1. The van der Waals surface area contributed by atoms with Crippen molar-refractivity contribution in [3.05, 3.63) is 98.6 Å². The van der Waals surface area contributed by atoms with Gasteiger partial charge in [-0.25, -0.2) is 0 Å². The number of hydrogen-bond donors (Lipinski definition) is 2. The van der Waals surface area contributed by atoms with E-state index in [1.807, 2.05) is 49.4 Å². The lowest BCUT2D eigenvalue weighted by Gasteiger charge is -2.64. The van der Waals surface area contributed by atoms with Crippen LogP contribution in [0.2, 0.25) is 0 Å². The first-order valence-corrected chi connectivity index (χ1v) is 15.2. The molecule has 0 radical (unpaired) electrons. The van der Waals surface area contributed by atoms with Gasteiger partial charge >= 0.3 is 0 Å². The van der Waals surface area contributed by atoms with Crippen LogP contribution in [0.3, 0.4) is 0 Å². The maximum atomic E-state index is 13.4. The number of aryl methyl sites for hydroxylation is 1. The third-order valence-corrected chi connectivity index (χ3v) is 10.5. The Morgan fingerprint density at radius 2 is 1.98 bits per heavy atom. The molecule has 2 bridgehead atoms. The summed E-state index contributed by atoms with van der Waals surface area (Å²) in [6.07, 6.45) is 1.70. The average molecular weight is 594 g/mol. The summed E-state index contributed by atoms with van der Waals surface area (Å²) in [7, 11) is 1.70. The van der Waals surface area contributed by atoms with E-state index in [-0.39, 0.29) is 35.6 Å². The van der Waals surface area contributed by atoms with Crippen molar-refractivity contribution >= 4 is 11.6 Å². The number of hydrogen-bond acceptors (Lipinski definition) is 7. The number of carbonyl (C=O) groups is 1. The summed E-state index contributed by atoms with van der Waals surface area (Å²) < 4.78 is 6.54. The van der Waals surface area contributed by atoms with Gasteiger partial charge in [-0.05, 0) is 68.8 Å². The molecular weight excluding hydrogens is 558 g/mol. The van der Waals surface area contributed by atoms with E-state index in [2.05, 4.69) is 28.9 Å². The Morgan fingerprint density at radius 3 is 2.73 bits per heavy atom. The standard InChI is InChI=1S/C35H35N3O6/c1-22-7-6-10-24(19-22)11-12-30(40)36(2)26-13-15-35(41)29-20-25-27(38(42)43)21-28(39)32-31(25)34(35,33(26)44-32)16-18-37(29)17-14-23-8-4-3-5-9-23/h3-10,19,21,26,29,33,39,41H,13-18,20H2,1-2H3/t26-,29+,33-,34-,35+/m0/s1. The minimum atomic E-state index is -1.26. The average Bonchev–Trinajstić information content (AvgIpc) is 3.36. The quantitative estimate of drug-likeness (QED) is 0.262. The number of ether oxygens (including phenoxy) is 1. The van der Waals surface area contributed by atoms with Crippen LogP contribution in [0.25, 0.3) is 0 Å². The van der Waals surface area contributed by atoms with Crippen molar-refractivity contribution in [2.45, 2.75) is 68.2 Å². The molecule has 1 spiro atoms. The summed E-state index contributed by atoms with van der Waals surface area (Å²) in [6.45, 7) is 3.32. The number of carbonyl (C=O) groups excluding carboxylic acids is 1. The smallest absolute Gasteiger partial charge is 0.298 e. The molecule has 9 nitrogen and oxygen atoms in total. The summed E-state index contributed by atoms with van der Waals surface area (Å²) >= 11 is 0. The van der Waals surface area contributed by atoms with Crippen LogP contribution in [-0.4, -0.2) is 74.8 Å². The van der Waals surface area contributed by atoms with Crippen LogP contribution >= 0.6 is 0 Å². The number of rotatable bonds is 5. The molecule has 4 aliphatic rings. The number of aliphatic hydroxyl groups is 1. The van der Waals surface area contributed by atoms with Gasteiger partial charge in [0.25, 0.3) is 11.6 Å². The summed E-state index contributed by atoms with van der Waals surface area (Å²) in [6, 6.07) is 18.1. The molecule has 1 saturated heterocycles. The lowest BCUT2D eigenvalue weighted by atomic mass is 9.48. The molecule has 3 aromatic rings. The van der Waals surface area contributed by atoms with Gasteiger partial charge in [0.15, 0.2) is 11.5 Å². The normalized spacial score (nSPS) is 27.8. The Balaban J connectivity index is 1.28. The van der Waals surface area contributed by atoms with Crippen LogP contribution in [0.5, 0.6) is 11.5 Å². The zero-order valence-corrected chi connectivity index (χ0v) is 24.8. The first kappa shape index (κ1) is 28.4. The molecule has 44 heavy (non-hydrogen) atoms. The molecule has 9 heteroatoms. The number of aromatic hydroxyl groups is 1. The second kappa shape index (κ2) is 10.4. The van der Waals surface area contributed by atoms with Crippen LogP contribution in [0.4, 0.5) is 5.69 Å². The van der Waals surface area contributed by atoms with Crippen LogP contribution in [-0.2, 0) is 23.1 Å². The van der Waals surface area contributed by atoms with Gasteiger partial charge in [-0.2, -0.15) is 0 Å². The SMILES string of the molecule is Cc1cccc(C#CC(=O)N(C)[C@H]2CC[C@@]3(O)[C@H]4Cc5c([N+](=O)[O-])cc(O)c6c5[C@@]3(CCN4CCc3ccccc3)[C@H]2O6)c1. The van der Waals surface area contributed by atoms with Crippen LogP contribution in [0.1, 0.15) is 47.1 Å². The highest BCUT2D eigenvalue weighted by molar-refractivity contribution is 5.94. The monoisotopic (exact) mass is 593 g/mol. The second-order valence-electron chi connectivity index (χ2n) is 12.7. The fraction of sp³-hybridized carbons (Fsp3) is 0.400. The van der Waals surface area contributed by atoms with Crippen molar-refractivity contribution in [1.29, 1.82) is 0 Å². The molecule has 7 rings (SSSR count). The van der Waals surface area contributed by atoms with Crippen molar-refractivity contribution < 1.29 is 24.7 Å². The van der Waals surface area contributed by atoms with E-state index in [1.165, 1.54) is 11.6 Å². The number of phenols is 1. The molecular formula is C35H35N3O6. The number of likely N-dealkylation sites (N-methyl/N-ethyl adjacent to an activating group) is 1. The van der Waals surface area contributed by atoms with Crippen LogP contribution in [0, 0.1) is 28.9 Å². The van der Waals surface area contributed by atoms with E-state index in [0.717, 1.165) is 17.5 Å². The predicted molar refractivity (Wildman–Crippen MR) is 163 cm³/mol. The molecule has 5 atom stereocenters. The lowest BCUT2D eigenvalue weighted by Crippen LogP contribution is -2.78. The Kier molecular flexibility index (Phi) is 6.68. The Morgan fingerprint density at radius 1 is 1.18 bits per heavy atom. The molecule has 1 amide bonds. The van der Waals surface area contributed by atoms with E-state index >= 15 is 0 Å². The van der Waals surface area contributed by atoms with Gasteiger partial charge in [-0.1, -0.05) is 48.4 Å². The molecule has 2 aliphatic heterocycles. The minimum Gasteiger partial charge on any atom is -0.504 e. The summed E-state index contributed by atoms with van der Waals surface area (Å²) in [5.41, 5.74) is 1.60. The van der Waals surface area contributed by atoms with Crippen molar-refractivity contribution in [3.63, 3.8) is 0 Å². The number of piperidine rings is 1. The zero-order valence-electron chi connectivity index (χ0n) is 24.8. The highest BCUT2D eigenvalue weighted by Crippen LogP contribution is 2.67. The summed E-state index contributed by atoms with van der Waals surface area (Å²) in [4.78, 5) is 29.1. The molecule has 2 heterocycles. The highest BCUT2D eigenvalue weighted by atomic mass is 16.6. The molecule has 2 fully saturated rings. The van der Waals surface area contributed by atoms with E-state index in [4.69, 9.17) is 4.74 Å². The maximum absolute atomic E-state index is 13.4. The fourth-order valence-corrected chi connectivity index (χ4v) is 8.50. The van der Waals surface area contributed by atoms with Crippen molar-refractivity contribution in [2.24, 2.45) is 0 Å². The van der Waals surface area contributed by atoms with E-state index < -0.39 is 28.1 Å². The van der Waals surface area contributed by atoms with Gasteiger partial charge in [-0.3, -0.25) is 19.8 Å². The summed E-state index contributed by atoms with van der Waals surface area (Å²) in [5, 5.41) is 36.1. The number of nitro groups is 1. The fourth-order valence-electron chi connectivity index (χ4n) is 8.50. The van der Waals surface area contributed by atoms with Crippen molar-refractivity contribution in [1.82, 2.24) is 9.80 Å². The number of phenolic OH excluding ortho intramolecular Hbond substituents is 1. The summed E-state index contributed by atoms with van der Waals surface area (Å²) in [5.74, 6) is 5.26. The van der Waals surface area contributed by atoms with Gasteiger partial charge in [0.2, 0.25) is 0 Å². The van der Waals surface area contributed by atoms with Crippen molar-refractivity contribution in [3.8, 4) is 23.3 Å². The minimum absolute atomic E-state index is 0.155.